The Kier molecular flexibility index (Phi) is 3.13. The van der Waals surface area contributed by atoms with Gasteiger partial charge in [0.2, 0.25) is 0 Å². The third kappa shape index (κ3) is 2.05. The van der Waals surface area contributed by atoms with Crippen LogP contribution in [0.5, 0.6) is 5.75 Å². The van der Waals surface area contributed by atoms with E-state index in [0.717, 1.165) is 22.3 Å². The molecule has 0 radical (unpaired) electrons. The van der Waals surface area contributed by atoms with Crippen LogP contribution in [0.1, 0.15) is 11.8 Å². The molecular formula is C14H15NO3. The predicted molar refractivity (Wildman–Crippen MR) is 67.8 cm³/mol. The van der Waals surface area contributed by atoms with Gasteiger partial charge in [-0.25, -0.2) is 4.98 Å². The average Bonchev–Trinajstić information content (AvgIpc) is 2.47. The Morgan fingerprint density at radius 3 is 2.94 bits per heavy atom. The molecule has 0 spiro atoms. The lowest BCUT2D eigenvalue weighted by Crippen LogP contribution is -2.22. The molecule has 1 aromatic carbocycles. The number of ether oxygens (including phenoxy) is 3. The maximum atomic E-state index is 5.67. The normalized spacial score (nSPS) is 19.9. The molecule has 1 aromatic heterocycles. The number of fused-ring (bicyclic) bond motifs is 1. The van der Waals surface area contributed by atoms with Crippen molar-refractivity contribution in [3.8, 4) is 5.75 Å². The largest absolute Gasteiger partial charge is 0.496 e. The van der Waals surface area contributed by atoms with E-state index in [4.69, 9.17) is 14.2 Å². The highest BCUT2D eigenvalue weighted by Crippen LogP contribution is 2.29. The summed E-state index contributed by atoms with van der Waals surface area (Å²) in [6, 6.07) is 9.86. The molecule has 2 heterocycles. The molecule has 4 nitrogen and oxygen atoms in total. The summed E-state index contributed by atoms with van der Waals surface area (Å²) in [6.45, 7) is 1.82. The van der Waals surface area contributed by atoms with Gasteiger partial charge in [0.05, 0.1) is 38.1 Å². The van der Waals surface area contributed by atoms with Gasteiger partial charge in [0.1, 0.15) is 11.9 Å². The molecular weight excluding hydrogens is 230 g/mol. The van der Waals surface area contributed by atoms with Crippen LogP contribution in [0.4, 0.5) is 0 Å². The molecule has 1 unspecified atom stereocenters. The molecule has 94 valence electrons. The van der Waals surface area contributed by atoms with Crippen LogP contribution in [0, 0.1) is 0 Å². The van der Waals surface area contributed by atoms with Gasteiger partial charge in [-0.05, 0) is 12.1 Å². The van der Waals surface area contributed by atoms with Crippen molar-refractivity contribution < 1.29 is 14.2 Å². The molecule has 3 rings (SSSR count). The van der Waals surface area contributed by atoms with Gasteiger partial charge in [0.25, 0.3) is 0 Å². The van der Waals surface area contributed by atoms with Gasteiger partial charge < -0.3 is 14.2 Å². The molecule has 1 aliphatic rings. The molecule has 1 fully saturated rings. The van der Waals surface area contributed by atoms with Crippen LogP contribution in [-0.4, -0.2) is 31.9 Å². The van der Waals surface area contributed by atoms with E-state index in [9.17, 15) is 0 Å². The lowest BCUT2D eigenvalue weighted by atomic mass is 10.1. The summed E-state index contributed by atoms with van der Waals surface area (Å²) < 4.78 is 16.5. The molecule has 0 aliphatic carbocycles. The van der Waals surface area contributed by atoms with E-state index in [1.807, 2.05) is 30.3 Å². The van der Waals surface area contributed by atoms with Crippen molar-refractivity contribution in [3.63, 3.8) is 0 Å². The van der Waals surface area contributed by atoms with E-state index < -0.39 is 0 Å². The van der Waals surface area contributed by atoms with Crippen molar-refractivity contribution in [2.45, 2.75) is 6.10 Å². The average molecular weight is 245 g/mol. The summed E-state index contributed by atoms with van der Waals surface area (Å²) in [5.74, 6) is 0.824. The standard InChI is InChI=1S/C14H15NO3/c1-16-13-8-12(14-9-17-6-7-18-14)15-11-5-3-2-4-10(11)13/h2-5,8,14H,6-7,9H2,1H3. The number of benzene rings is 1. The minimum Gasteiger partial charge on any atom is -0.496 e. The molecule has 1 aliphatic heterocycles. The van der Waals surface area contributed by atoms with Crippen molar-refractivity contribution in [1.82, 2.24) is 4.98 Å². The van der Waals surface area contributed by atoms with Gasteiger partial charge in [0, 0.05) is 11.5 Å². The zero-order chi connectivity index (χ0) is 12.4. The van der Waals surface area contributed by atoms with E-state index in [1.54, 1.807) is 7.11 Å². The Morgan fingerprint density at radius 1 is 1.28 bits per heavy atom. The summed E-state index contributed by atoms with van der Waals surface area (Å²) >= 11 is 0. The predicted octanol–water partition coefficient (Wildman–Crippen LogP) is 2.33. The van der Waals surface area contributed by atoms with E-state index >= 15 is 0 Å². The summed E-state index contributed by atoms with van der Waals surface area (Å²) in [7, 11) is 1.67. The minimum atomic E-state index is -0.0998. The molecule has 0 N–H and O–H groups in total. The Bertz CT molecular complexity index is 550. The van der Waals surface area contributed by atoms with E-state index in [-0.39, 0.29) is 6.10 Å². The second-order valence-corrected chi connectivity index (χ2v) is 4.20. The summed E-state index contributed by atoms with van der Waals surface area (Å²) in [5.41, 5.74) is 1.78. The Labute approximate surface area is 105 Å². The highest BCUT2D eigenvalue weighted by Gasteiger charge is 2.19. The van der Waals surface area contributed by atoms with Crippen molar-refractivity contribution in [1.29, 1.82) is 0 Å². The molecule has 4 heteroatoms. The lowest BCUT2D eigenvalue weighted by Gasteiger charge is -2.23. The number of hydrogen-bond acceptors (Lipinski definition) is 4. The zero-order valence-corrected chi connectivity index (χ0v) is 10.3. The van der Waals surface area contributed by atoms with Crippen molar-refractivity contribution in [3.05, 3.63) is 36.0 Å². The third-order valence-electron chi connectivity index (χ3n) is 3.06. The number of rotatable bonds is 2. The number of aromatic nitrogens is 1. The van der Waals surface area contributed by atoms with Gasteiger partial charge in [-0.2, -0.15) is 0 Å². The monoisotopic (exact) mass is 245 g/mol. The minimum absolute atomic E-state index is 0.0998. The fourth-order valence-corrected chi connectivity index (χ4v) is 2.16. The molecule has 18 heavy (non-hydrogen) atoms. The first-order valence-corrected chi connectivity index (χ1v) is 6.01. The van der Waals surface area contributed by atoms with Crippen LogP contribution < -0.4 is 4.74 Å². The molecule has 0 bridgehead atoms. The van der Waals surface area contributed by atoms with Crippen LogP contribution >= 0.6 is 0 Å². The van der Waals surface area contributed by atoms with Crippen LogP contribution in [0.25, 0.3) is 10.9 Å². The first-order valence-electron chi connectivity index (χ1n) is 6.01. The number of pyridine rings is 1. The van der Waals surface area contributed by atoms with Gasteiger partial charge >= 0.3 is 0 Å². The molecule has 2 aromatic rings. The van der Waals surface area contributed by atoms with Crippen molar-refractivity contribution in [2.75, 3.05) is 26.9 Å². The van der Waals surface area contributed by atoms with Crippen LogP contribution in [-0.2, 0) is 9.47 Å². The van der Waals surface area contributed by atoms with Crippen molar-refractivity contribution in [2.24, 2.45) is 0 Å². The summed E-state index contributed by atoms with van der Waals surface area (Å²) in [5, 5.41) is 1.01. The maximum Gasteiger partial charge on any atom is 0.130 e. The topological polar surface area (TPSA) is 40.6 Å². The second-order valence-electron chi connectivity index (χ2n) is 4.20. The molecule has 0 saturated carbocycles. The summed E-state index contributed by atoms with van der Waals surface area (Å²) in [4.78, 5) is 4.62. The highest BCUT2D eigenvalue weighted by atomic mass is 16.6. The fraction of sp³-hybridized carbons (Fsp3) is 0.357. The Hall–Kier alpha value is -1.65. The Morgan fingerprint density at radius 2 is 2.17 bits per heavy atom. The van der Waals surface area contributed by atoms with Crippen molar-refractivity contribution >= 4 is 10.9 Å². The van der Waals surface area contributed by atoms with E-state index in [1.165, 1.54) is 0 Å². The molecule has 1 atom stereocenters. The first-order chi connectivity index (χ1) is 8.88. The van der Waals surface area contributed by atoms with Gasteiger partial charge in [0.15, 0.2) is 0 Å². The third-order valence-corrected chi connectivity index (χ3v) is 3.06. The van der Waals surface area contributed by atoms with Crippen LogP contribution in [0.15, 0.2) is 30.3 Å². The fourth-order valence-electron chi connectivity index (χ4n) is 2.16. The Balaban J connectivity index is 2.07. The smallest absolute Gasteiger partial charge is 0.130 e. The SMILES string of the molecule is COc1cc(C2COCCO2)nc2ccccc12. The number of para-hydroxylation sites is 1. The second kappa shape index (κ2) is 4.92. The summed E-state index contributed by atoms with van der Waals surface area (Å²) in [6.07, 6.45) is -0.0998. The molecule has 1 saturated heterocycles. The quantitative estimate of drug-likeness (QED) is 0.814. The van der Waals surface area contributed by atoms with Gasteiger partial charge in [-0.3, -0.25) is 0 Å². The van der Waals surface area contributed by atoms with E-state index in [0.29, 0.717) is 19.8 Å². The van der Waals surface area contributed by atoms with Crippen LogP contribution in [0.3, 0.4) is 0 Å². The number of nitrogens with zero attached hydrogens (tertiary/aromatic N) is 1. The maximum absolute atomic E-state index is 5.67. The molecule has 0 amide bonds. The first kappa shape index (κ1) is 11.4. The van der Waals surface area contributed by atoms with Gasteiger partial charge in [-0.1, -0.05) is 12.1 Å². The van der Waals surface area contributed by atoms with Gasteiger partial charge in [-0.15, -0.1) is 0 Å². The van der Waals surface area contributed by atoms with E-state index in [2.05, 4.69) is 4.98 Å². The van der Waals surface area contributed by atoms with Crippen LogP contribution in [0.2, 0.25) is 0 Å². The highest BCUT2D eigenvalue weighted by molar-refractivity contribution is 5.85. The zero-order valence-electron chi connectivity index (χ0n) is 10.3. The lowest BCUT2D eigenvalue weighted by molar-refractivity contribution is -0.0917. The number of hydrogen-bond donors (Lipinski definition) is 0. The number of methoxy groups -OCH3 is 1.